The van der Waals surface area contributed by atoms with Gasteiger partial charge in [-0.15, -0.1) is 11.6 Å². The Balaban J connectivity index is 0.00000729. The van der Waals surface area contributed by atoms with Crippen LogP contribution in [0.5, 0.6) is 0 Å². The van der Waals surface area contributed by atoms with Crippen molar-refractivity contribution in [2.75, 3.05) is 0 Å². The quantitative estimate of drug-likeness (QED) is 0.179. The fourth-order valence-electron chi connectivity index (χ4n) is 3.89. The molecule has 1 aromatic rings. The van der Waals surface area contributed by atoms with E-state index in [1.165, 1.54) is 108 Å². The van der Waals surface area contributed by atoms with Crippen molar-refractivity contribution >= 4 is 11.6 Å². The molecule has 0 aromatic heterocycles. The third-order valence-electron chi connectivity index (χ3n) is 5.67. The molecule has 0 fully saturated rings. The Hall–Kier alpha value is -0.530. The summed E-state index contributed by atoms with van der Waals surface area (Å²) in [6, 6.07) is 10.6. The van der Waals surface area contributed by atoms with E-state index in [1.807, 2.05) is 0 Å². The van der Waals surface area contributed by atoms with E-state index in [4.69, 9.17) is 11.6 Å². The van der Waals surface area contributed by atoms with Gasteiger partial charge in [-0.05, 0) is 18.4 Å². The molecule has 2 heteroatoms. The van der Waals surface area contributed by atoms with Gasteiger partial charge in [-0.3, -0.25) is 0 Å². The van der Waals surface area contributed by atoms with Crippen molar-refractivity contribution < 1.29 is 0 Å². The van der Waals surface area contributed by atoms with Crippen LogP contribution in [0.4, 0.5) is 0 Å². The van der Waals surface area contributed by atoms with Gasteiger partial charge in [0.15, 0.2) is 0 Å². The molecule has 28 heavy (non-hydrogen) atoms. The van der Waals surface area contributed by atoms with E-state index in [-0.39, 0.29) is 6.15 Å². The predicted octanol–water partition coefficient (Wildman–Crippen LogP) is 9.65. The summed E-state index contributed by atoms with van der Waals surface area (Å²) in [5.41, 5.74) is 1.37. The molecule has 1 atom stereocenters. The fourth-order valence-corrected chi connectivity index (χ4v) is 4.22. The molecule has 1 unspecified atom stereocenters. The number of rotatable bonds is 19. The van der Waals surface area contributed by atoms with E-state index >= 15 is 0 Å². The summed E-state index contributed by atoms with van der Waals surface area (Å²) >= 11 is 6.48. The molecule has 0 aliphatic heterocycles. The summed E-state index contributed by atoms with van der Waals surface area (Å²) < 4.78 is 0. The highest BCUT2D eigenvalue weighted by Crippen LogP contribution is 2.17. The molecule has 0 aliphatic carbocycles. The Labute approximate surface area is 181 Å². The zero-order chi connectivity index (χ0) is 19.4. The number of benzene rings is 1. The van der Waals surface area contributed by atoms with Crippen LogP contribution < -0.4 is 6.15 Å². The maximum absolute atomic E-state index is 6.48. The SMILES string of the molecule is CCCCCCCCCCCCCCCCCCC(Cl)Cc1ccccc1.N. The molecular weight excluding hydrogens is 362 g/mol. The fraction of sp³-hybridized carbons (Fsp3) is 0.769. The van der Waals surface area contributed by atoms with Gasteiger partial charge in [-0.2, -0.15) is 0 Å². The Bertz CT molecular complexity index is 406. The lowest BCUT2D eigenvalue weighted by atomic mass is 10.0. The average molecular weight is 410 g/mol. The van der Waals surface area contributed by atoms with Gasteiger partial charge in [0.05, 0.1) is 0 Å². The standard InChI is InChI=1S/C26H45Cl.H3N/c1-2-3-4-5-6-7-8-9-10-11-12-13-14-15-16-20-23-26(27)24-25-21-18-17-19-22-25;/h17-19,21-22,26H,2-16,20,23-24H2,1H3;1H3. The van der Waals surface area contributed by atoms with Crippen molar-refractivity contribution in [3.05, 3.63) is 35.9 Å². The van der Waals surface area contributed by atoms with E-state index in [0.29, 0.717) is 5.38 Å². The minimum Gasteiger partial charge on any atom is -0.344 e. The van der Waals surface area contributed by atoms with Crippen molar-refractivity contribution in [2.45, 2.75) is 128 Å². The Morgan fingerprint density at radius 2 is 1.00 bits per heavy atom. The first-order chi connectivity index (χ1) is 13.3. The molecule has 0 spiro atoms. The Morgan fingerprint density at radius 3 is 1.43 bits per heavy atom. The lowest BCUT2D eigenvalue weighted by Crippen LogP contribution is -2.03. The average Bonchev–Trinajstić information content (AvgIpc) is 2.68. The van der Waals surface area contributed by atoms with Crippen LogP contribution in [-0.4, -0.2) is 5.38 Å². The largest absolute Gasteiger partial charge is 0.344 e. The normalized spacial score (nSPS) is 11.9. The van der Waals surface area contributed by atoms with Gasteiger partial charge in [-0.1, -0.05) is 140 Å². The highest BCUT2D eigenvalue weighted by atomic mass is 35.5. The highest BCUT2D eigenvalue weighted by Gasteiger charge is 2.05. The molecular formula is C26H48ClN. The van der Waals surface area contributed by atoms with Crippen molar-refractivity contribution in [3.8, 4) is 0 Å². The van der Waals surface area contributed by atoms with Gasteiger partial charge in [0.2, 0.25) is 0 Å². The summed E-state index contributed by atoms with van der Waals surface area (Å²) in [6.45, 7) is 2.29. The number of hydrogen-bond donors (Lipinski definition) is 1. The number of hydrogen-bond acceptors (Lipinski definition) is 1. The van der Waals surface area contributed by atoms with Crippen LogP contribution in [0.25, 0.3) is 0 Å². The summed E-state index contributed by atoms with van der Waals surface area (Å²) in [4.78, 5) is 0. The summed E-state index contributed by atoms with van der Waals surface area (Å²) in [5.74, 6) is 0. The van der Waals surface area contributed by atoms with Crippen LogP contribution in [0.1, 0.15) is 122 Å². The van der Waals surface area contributed by atoms with E-state index in [0.717, 1.165) is 12.8 Å². The molecule has 1 nitrogen and oxygen atoms in total. The number of halogens is 1. The summed E-state index contributed by atoms with van der Waals surface area (Å²) in [6.07, 6.45) is 25.0. The molecule has 0 saturated heterocycles. The first-order valence-electron chi connectivity index (χ1n) is 12.0. The van der Waals surface area contributed by atoms with Crippen LogP contribution in [0.3, 0.4) is 0 Å². The van der Waals surface area contributed by atoms with Crippen LogP contribution in [0.2, 0.25) is 0 Å². The van der Waals surface area contributed by atoms with Crippen LogP contribution in [-0.2, 0) is 6.42 Å². The maximum atomic E-state index is 6.48. The lowest BCUT2D eigenvalue weighted by molar-refractivity contribution is 0.525. The second kappa shape index (κ2) is 21.2. The smallest absolute Gasteiger partial charge is 0.0376 e. The van der Waals surface area contributed by atoms with Gasteiger partial charge in [0, 0.05) is 5.38 Å². The second-order valence-corrected chi connectivity index (χ2v) is 9.00. The van der Waals surface area contributed by atoms with Gasteiger partial charge in [0.25, 0.3) is 0 Å². The Kier molecular flexibility index (Phi) is 20.8. The molecule has 0 amide bonds. The van der Waals surface area contributed by atoms with Gasteiger partial charge in [0.1, 0.15) is 0 Å². The lowest BCUT2D eigenvalue weighted by Gasteiger charge is -2.09. The molecule has 3 N–H and O–H groups in total. The van der Waals surface area contributed by atoms with Gasteiger partial charge in [-0.25, -0.2) is 0 Å². The molecule has 0 heterocycles. The van der Waals surface area contributed by atoms with E-state index in [9.17, 15) is 0 Å². The number of alkyl halides is 1. The summed E-state index contributed by atoms with van der Waals surface area (Å²) in [7, 11) is 0. The van der Waals surface area contributed by atoms with E-state index < -0.39 is 0 Å². The van der Waals surface area contributed by atoms with Crippen molar-refractivity contribution in [1.82, 2.24) is 6.15 Å². The van der Waals surface area contributed by atoms with Crippen LogP contribution in [0, 0.1) is 0 Å². The van der Waals surface area contributed by atoms with E-state index in [1.54, 1.807) is 0 Å². The summed E-state index contributed by atoms with van der Waals surface area (Å²) in [5, 5.41) is 0.305. The number of unbranched alkanes of at least 4 members (excludes halogenated alkanes) is 15. The van der Waals surface area contributed by atoms with Gasteiger partial charge >= 0.3 is 0 Å². The van der Waals surface area contributed by atoms with Crippen molar-refractivity contribution in [1.29, 1.82) is 0 Å². The third-order valence-corrected chi connectivity index (χ3v) is 6.04. The molecule has 164 valence electrons. The maximum Gasteiger partial charge on any atom is 0.0376 e. The molecule has 1 aromatic carbocycles. The highest BCUT2D eigenvalue weighted by molar-refractivity contribution is 6.20. The monoisotopic (exact) mass is 409 g/mol. The van der Waals surface area contributed by atoms with Crippen LogP contribution >= 0.6 is 11.6 Å². The first kappa shape index (κ1) is 27.5. The zero-order valence-corrected chi connectivity index (χ0v) is 19.5. The minimum absolute atomic E-state index is 0. The van der Waals surface area contributed by atoms with Gasteiger partial charge < -0.3 is 6.15 Å². The minimum atomic E-state index is 0. The zero-order valence-electron chi connectivity index (χ0n) is 18.8. The van der Waals surface area contributed by atoms with Crippen molar-refractivity contribution in [2.24, 2.45) is 0 Å². The molecule has 1 rings (SSSR count). The topological polar surface area (TPSA) is 35.0 Å². The van der Waals surface area contributed by atoms with Crippen molar-refractivity contribution in [3.63, 3.8) is 0 Å². The Morgan fingerprint density at radius 1 is 0.607 bits per heavy atom. The molecule has 0 saturated carbocycles. The first-order valence-corrected chi connectivity index (χ1v) is 12.4. The second-order valence-electron chi connectivity index (χ2n) is 8.38. The molecule has 0 aliphatic rings. The molecule has 0 bridgehead atoms. The van der Waals surface area contributed by atoms with E-state index in [2.05, 4.69) is 37.3 Å². The molecule has 0 radical (unpaired) electrons. The van der Waals surface area contributed by atoms with Crippen LogP contribution in [0.15, 0.2) is 30.3 Å². The third kappa shape index (κ3) is 17.6. The predicted molar refractivity (Wildman–Crippen MR) is 129 cm³/mol.